The molecule has 0 aromatic heterocycles. The molecule has 90 valence electrons. The molecule has 1 aromatic rings. The van der Waals surface area contributed by atoms with E-state index in [1.807, 2.05) is 0 Å². The van der Waals surface area contributed by atoms with Gasteiger partial charge < -0.3 is 5.73 Å². The Bertz CT molecular complexity index is 474. The highest BCUT2D eigenvalue weighted by atomic mass is 32.2. The van der Waals surface area contributed by atoms with Crippen molar-refractivity contribution in [2.75, 3.05) is 5.75 Å². The molecule has 0 bridgehead atoms. The summed E-state index contributed by atoms with van der Waals surface area (Å²) in [5, 5.41) is 0. The third kappa shape index (κ3) is 2.99. The molecule has 0 amide bonds. The smallest absolute Gasteiger partial charge is 0.182 e. The fourth-order valence-electron chi connectivity index (χ4n) is 1.20. The Morgan fingerprint density at radius 3 is 2.56 bits per heavy atom. The first-order valence-electron chi connectivity index (χ1n) is 4.80. The van der Waals surface area contributed by atoms with E-state index in [0.717, 1.165) is 12.1 Å². The molecule has 0 saturated heterocycles. The molecule has 0 saturated carbocycles. The fourth-order valence-corrected chi connectivity index (χ4v) is 2.84. The molecule has 1 unspecified atom stereocenters. The summed E-state index contributed by atoms with van der Waals surface area (Å²) < 4.78 is 49.4. The van der Waals surface area contributed by atoms with E-state index in [1.165, 1.54) is 0 Å². The summed E-state index contributed by atoms with van der Waals surface area (Å²) in [7, 11) is -3.86. The minimum Gasteiger partial charge on any atom is -0.327 e. The van der Waals surface area contributed by atoms with Crippen LogP contribution in [0.1, 0.15) is 13.3 Å². The second-order valence-electron chi connectivity index (χ2n) is 3.52. The van der Waals surface area contributed by atoms with Crippen molar-refractivity contribution in [3.8, 4) is 0 Å². The van der Waals surface area contributed by atoms with Gasteiger partial charge in [0.2, 0.25) is 0 Å². The van der Waals surface area contributed by atoms with Crippen LogP contribution >= 0.6 is 0 Å². The molecule has 0 aliphatic heterocycles. The summed E-state index contributed by atoms with van der Waals surface area (Å²) >= 11 is 0. The van der Waals surface area contributed by atoms with Crippen LogP contribution in [-0.2, 0) is 9.84 Å². The topological polar surface area (TPSA) is 60.2 Å². The van der Waals surface area contributed by atoms with E-state index in [4.69, 9.17) is 5.73 Å². The molecule has 0 spiro atoms. The van der Waals surface area contributed by atoms with Crippen molar-refractivity contribution in [2.24, 2.45) is 5.73 Å². The monoisotopic (exact) mass is 249 g/mol. The van der Waals surface area contributed by atoms with E-state index in [-0.39, 0.29) is 5.75 Å². The third-order valence-corrected chi connectivity index (χ3v) is 4.04. The minimum absolute atomic E-state index is 0.385. The molecule has 0 radical (unpaired) electrons. The van der Waals surface area contributed by atoms with Gasteiger partial charge in [-0.05, 0) is 24.6 Å². The molecule has 2 N–H and O–H groups in total. The van der Waals surface area contributed by atoms with Crippen LogP contribution < -0.4 is 5.73 Å². The first-order chi connectivity index (χ1) is 7.36. The van der Waals surface area contributed by atoms with Crippen molar-refractivity contribution >= 4 is 9.84 Å². The quantitative estimate of drug-likeness (QED) is 0.879. The highest BCUT2D eigenvalue weighted by molar-refractivity contribution is 7.91. The number of hydrogen-bond donors (Lipinski definition) is 1. The average molecular weight is 249 g/mol. The van der Waals surface area contributed by atoms with Gasteiger partial charge in [0.05, 0.1) is 5.75 Å². The molecule has 6 heteroatoms. The summed E-state index contributed by atoms with van der Waals surface area (Å²) in [6, 6.07) is 1.76. The lowest BCUT2D eigenvalue weighted by atomic mass is 10.3. The summed E-state index contributed by atoms with van der Waals surface area (Å²) in [6.07, 6.45) is 0.455. The molecule has 1 rings (SSSR count). The van der Waals surface area contributed by atoms with Crippen LogP contribution in [0.3, 0.4) is 0 Å². The summed E-state index contributed by atoms with van der Waals surface area (Å²) in [6.45, 7) is 1.72. The Kier molecular flexibility index (Phi) is 3.98. The Hall–Kier alpha value is -1.01. The van der Waals surface area contributed by atoms with Crippen molar-refractivity contribution in [1.82, 2.24) is 0 Å². The van der Waals surface area contributed by atoms with Crippen LogP contribution in [-0.4, -0.2) is 20.2 Å². The molecule has 0 aliphatic carbocycles. The number of sulfone groups is 1. The minimum atomic E-state index is -3.86. The predicted octanol–water partition coefficient (Wildman–Crippen LogP) is 1.48. The molecule has 0 fully saturated rings. The standard InChI is InChI=1S/C10H13F2NO2S/c1-2-8(13)6-16(14,15)10-5-7(11)3-4-9(10)12/h3-5,8H,2,6,13H2,1H3. The maximum Gasteiger partial charge on any atom is 0.182 e. The van der Waals surface area contributed by atoms with Gasteiger partial charge in [0.1, 0.15) is 16.5 Å². The fraction of sp³-hybridized carbons (Fsp3) is 0.400. The first-order valence-corrected chi connectivity index (χ1v) is 6.45. The van der Waals surface area contributed by atoms with E-state index < -0.39 is 32.4 Å². The number of rotatable bonds is 4. The van der Waals surface area contributed by atoms with Gasteiger partial charge in [-0.15, -0.1) is 0 Å². The van der Waals surface area contributed by atoms with Gasteiger partial charge in [-0.25, -0.2) is 17.2 Å². The Labute approximate surface area is 93.2 Å². The van der Waals surface area contributed by atoms with Crippen molar-refractivity contribution < 1.29 is 17.2 Å². The third-order valence-electron chi connectivity index (χ3n) is 2.19. The molecule has 1 atom stereocenters. The lowest BCUT2D eigenvalue weighted by molar-refractivity contribution is 0.548. The normalized spacial score (nSPS) is 13.8. The lowest BCUT2D eigenvalue weighted by Gasteiger charge is -2.10. The van der Waals surface area contributed by atoms with Crippen LogP contribution in [0.25, 0.3) is 0 Å². The maximum atomic E-state index is 13.2. The van der Waals surface area contributed by atoms with E-state index in [2.05, 4.69) is 0 Å². The number of hydrogen-bond acceptors (Lipinski definition) is 3. The SMILES string of the molecule is CCC(N)CS(=O)(=O)c1cc(F)ccc1F. The molecular weight excluding hydrogens is 236 g/mol. The van der Waals surface area contributed by atoms with Gasteiger partial charge in [-0.1, -0.05) is 6.92 Å². The first kappa shape index (κ1) is 13.1. The summed E-state index contributed by atoms with van der Waals surface area (Å²) in [4.78, 5) is -0.628. The Balaban J connectivity index is 3.12. The zero-order chi connectivity index (χ0) is 12.3. The molecule has 1 aromatic carbocycles. The van der Waals surface area contributed by atoms with Crippen LogP contribution in [0, 0.1) is 11.6 Å². The van der Waals surface area contributed by atoms with Crippen LogP contribution in [0.5, 0.6) is 0 Å². The predicted molar refractivity (Wildman–Crippen MR) is 56.7 cm³/mol. The summed E-state index contributed by atoms with van der Waals surface area (Å²) in [5.41, 5.74) is 5.49. The molecular formula is C10H13F2NO2S. The van der Waals surface area contributed by atoms with Crippen LogP contribution in [0.2, 0.25) is 0 Å². The Morgan fingerprint density at radius 1 is 1.38 bits per heavy atom. The highest BCUT2D eigenvalue weighted by Crippen LogP contribution is 2.18. The van der Waals surface area contributed by atoms with E-state index in [0.29, 0.717) is 12.5 Å². The van der Waals surface area contributed by atoms with Gasteiger partial charge in [0, 0.05) is 6.04 Å². The van der Waals surface area contributed by atoms with E-state index >= 15 is 0 Å². The second kappa shape index (κ2) is 4.88. The highest BCUT2D eigenvalue weighted by Gasteiger charge is 2.22. The number of halogens is 2. The zero-order valence-electron chi connectivity index (χ0n) is 8.78. The van der Waals surface area contributed by atoms with Gasteiger partial charge in [-0.2, -0.15) is 0 Å². The number of benzene rings is 1. The molecule has 16 heavy (non-hydrogen) atoms. The number of nitrogens with two attached hydrogens (primary N) is 1. The second-order valence-corrected chi connectivity index (χ2v) is 5.53. The average Bonchev–Trinajstić information content (AvgIpc) is 2.20. The van der Waals surface area contributed by atoms with Gasteiger partial charge in [0.15, 0.2) is 9.84 Å². The van der Waals surface area contributed by atoms with Gasteiger partial charge in [-0.3, -0.25) is 0 Å². The summed E-state index contributed by atoms with van der Waals surface area (Å²) in [5.74, 6) is -2.13. The lowest BCUT2D eigenvalue weighted by Crippen LogP contribution is -2.29. The molecule has 0 aliphatic rings. The molecule has 0 heterocycles. The van der Waals surface area contributed by atoms with Crippen molar-refractivity contribution in [1.29, 1.82) is 0 Å². The van der Waals surface area contributed by atoms with Crippen molar-refractivity contribution in [3.05, 3.63) is 29.8 Å². The molecule has 3 nitrogen and oxygen atoms in total. The van der Waals surface area contributed by atoms with Gasteiger partial charge >= 0.3 is 0 Å². The van der Waals surface area contributed by atoms with E-state index in [9.17, 15) is 17.2 Å². The largest absolute Gasteiger partial charge is 0.327 e. The van der Waals surface area contributed by atoms with E-state index in [1.54, 1.807) is 6.92 Å². The van der Waals surface area contributed by atoms with Crippen LogP contribution in [0.15, 0.2) is 23.1 Å². The zero-order valence-corrected chi connectivity index (χ0v) is 9.60. The van der Waals surface area contributed by atoms with Gasteiger partial charge in [0.25, 0.3) is 0 Å². The maximum absolute atomic E-state index is 13.2. The van der Waals surface area contributed by atoms with Crippen LogP contribution in [0.4, 0.5) is 8.78 Å². The van der Waals surface area contributed by atoms with Crippen molar-refractivity contribution in [3.63, 3.8) is 0 Å². The Morgan fingerprint density at radius 2 is 2.00 bits per heavy atom. The van der Waals surface area contributed by atoms with Crippen molar-refractivity contribution in [2.45, 2.75) is 24.3 Å².